The van der Waals surface area contributed by atoms with Crippen molar-refractivity contribution in [1.29, 1.82) is 0 Å². The Bertz CT molecular complexity index is 1170. The summed E-state index contributed by atoms with van der Waals surface area (Å²) in [7, 11) is 3.09. The molecule has 0 saturated carbocycles. The van der Waals surface area contributed by atoms with Crippen LogP contribution in [0.5, 0.6) is 0 Å². The van der Waals surface area contributed by atoms with Gasteiger partial charge in [0.05, 0.1) is 6.54 Å². The number of imidazole rings is 1. The van der Waals surface area contributed by atoms with E-state index in [4.69, 9.17) is 4.98 Å². The van der Waals surface area contributed by atoms with E-state index in [-0.39, 0.29) is 11.4 Å². The van der Waals surface area contributed by atoms with E-state index in [0.717, 1.165) is 41.6 Å². The number of hydrogen-bond acceptors (Lipinski definition) is 4. The second-order valence-electron chi connectivity index (χ2n) is 7.49. The molecule has 148 valence electrons. The molecule has 4 rings (SSSR count). The number of piperidine rings is 1. The predicted octanol–water partition coefficient (Wildman–Crippen LogP) is 1.92. The second-order valence-corrected chi connectivity index (χ2v) is 7.49. The summed E-state index contributed by atoms with van der Waals surface area (Å²) in [4.78, 5) is 32.2. The number of aromatic nitrogens is 4. The molecular formula is C20H24FN5O2. The first-order chi connectivity index (χ1) is 13.4. The van der Waals surface area contributed by atoms with Crippen molar-refractivity contribution in [1.82, 2.24) is 18.7 Å². The van der Waals surface area contributed by atoms with Crippen molar-refractivity contribution in [2.75, 3.05) is 18.0 Å². The van der Waals surface area contributed by atoms with Crippen LogP contribution >= 0.6 is 0 Å². The third-order valence-electron chi connectivity index (χ3n) is 5.61. The van der Waals surface area contributed by atoms with Crippen LogP contribution in [-0.2, 0) is 20.6 Å². The summed E-state index contributed by atoms with van der Waals surface area (Å²) in [6.45, 7) is 3.93. The van der Waals surface area contributed by atoms with Gasteiger partial charge in [0, 0.05) is 27.2 Å². The minimum absolute atomic E-state index is 0.315. The van der Waals surface area contributed by atoms with E-state index < -0.39 is 5.69 Å². The van der Waals surface area contributed by atoms with E-state index in [1.165, 1.54) is 30.2 Å². The smallest absolute Gasteiger partial charge is 0.332 e. The molecule has 28 heavy (non-hydrogen) atoms. The molecule has 7 nitrogen and oxygen atoms in total. The Balaban J connectivity index is 1.99. The molecule has 0 bridgehead atoms. The monoisotopic (exact) mass is 385 g/mol. The summed E-state index contributed by atoms with van der Waals surface area (Å²) in [6, 6.07) is 4.66. The van der Waals surface area contributed by atoms with Gasteiger partial charge in [-0.3, -0.25) is 18.5 Å². The zero-order valence-electron chi connectivity index (χ0n) is 16.4. The molecule has 8 heteroatoms. The molecule has 0 atom stereocenters. The van der Waals surface area contributed by atoms with Crippen molar-refractivity contribution in [2.45, 2.75) is 32.7 Å². The van der Waals surface area contributed by atoms with E-state index >= 15 is 0 Å². The summed E-state index contributed by atoms with van der Waals surface area (Å²) in [5, 5.41) is 0. The molecule has 1 aromatic carbocycles. The van der Waals surface area contributed by atoms with Crippen LogP contribution in [0.1, 0.15) is 30.4 Å². The minimum atomic E-state index is -0.408. The van der Waals surface area contributed by atoms with E-state index in [1.54, 1.807) is 13.1 Å². The number of nitrogens with zero attached hydrogens (tertiary/aromatic N) is 5. The lowest BCUT2D eigenvalue weighted by Crippen LogP contribution is -2.37. The molecule has 0 amide bonds. The zero-order chi connectivity index (χ0) is 20.0. The van der Waals surface area contributed by atoms with Crippen molar-refractivity contribution >= 4 is 17.1 Å². The van der Waals surface area contributed by atoms with Crippen LogP contribution in [0.15, 0.2) is 27.8 Å². The number of anilines is 1. The van der Waals surface area contributed by atoms with Gasteiger partial charge in [-0.25, -0.2) is 9.18 Å². The molecule has 1 saturated heterocycles. The Labute approximate surface area is 161 Å². The maximum absolute atomic E-state index is 13.9. The lowest BCUT2D eigenvalue weighted by molar-refractivity contribution is 0.559. The van der Waals surface area contributed by atoms with Crippen molar-refractivity contribution < 1.29 is 4.39 Å². The fourth-order valence-electron chi connectivity index (χ4n) is 3.90. The van der Waals surface area contributed by atoms with Gasteiger partial charge in [0.25, 0.3) is 5.56 Å². The normalized spacial score (nSPS) is 14.8. The second kappa shape index (κ2) is 6.92. The minimum Gasteiger partial charge on any atom is -0.342 e. The average molecular weight is 385 g/mol. The van der Waals surface area contributed by atoms with E-state index in [0.29, 0.717) is 23.7 Å². The molecule has 0 radical (unpaired) electrons. The van der Waals surface area contributed by atoms with E-state index in [2.05, 4.69) is 4.90 Å². The predicted molar refractivity (Wildman–Crippen MR) is 107 cm³/mol. The molecule has 3 heterocycles. The number of fused-ring (bicyclic) bond motifs is 1. The molecule has 3 aromatic rings. The van der Waals surface area contributed by atoms with E-state index in [1.807, 2.05) is 11.5 Å². The van der Waals surface area contributed by atoms with Gasteiger partial charge in [-0.1, -0.05) is 6.07 Å². The van der Waals surface area contributed by atoms with Crippen LogP contribution < -0.4 is 16.1 Å². The van der Waals surface area contributed by atoms with Gasteiger partial charge in [-0.15, -0.1) is 0 Å². The maximum atomic E-state index is 13.9. The van der Waals surface area contributed by atoms with Gasteiger partial charge < -0.3 is 4.90 Å². The summed E-state index contributed by atoms with van der Waals surface area (Å²) in [6.07, 6.45) is 3.28. The van der Waals surface area contributed by atoms with Gasteiger partial charge in [0.15, 0.2) is 11.2 Å². The maximum Gasteiger partial charge on any atom is 0.332 e. The van der Waals surface area contributed by atoms with Crippen LogP contribution in [0, 0.1) is 12.7 Å². The van der Waals surface area contributed by atoms with Crippen LogP contribution in [-0.4, -0.2) is 31.8 Å². The number of hydrogen-bond donors (Lipinski definition) is 0. The third-order valence-corrected chi connectivity index (χ3v) is 5.61. The highest BCUT2D eigenvalue weighted by atomic mass is 19.1. The van der Waals surface area contributed by atoms with Crippen molar-refractivity contribution in [3.63, 3.8) is 0 Å². The van der Waals surface area contributed by atoms with Crippen molar-refractivity contribution in [3.8, 4) is 0 Å². The highest BCUT2D eigenvalue weighted by molar-refractivity contribution is 5.75. The van der Waals surface area contributed by atoms with Gasteiger partial charge >= 0.3 is 5.69 Å². The fraction of sp³-hybridized carbons (Fsp3) is 0.450. The molecule has 0 spiro atoms. The Hall–Kier alpha value is -2.90. The molecular weight excluding hydrogens is 361 g/mol. The van der Waals surface area contributed by atoms with Gasteiger partial charge in [-0.05, 0) is 49.4 Å². The molecule has 0 N–H and O–H groups in total. The fourth-order valence-corrected chi connectivity index (χ4v) is 3.90. The first-order valence-electron chi connectivity index (χ1n) is 9.54. The van der Waals surface area contributed by atoms with Crippen molar-refractivity contribution in [2.24, 2.45) is 14.1 Å². The molecule has 0 unspecified atom stereocenters. The van der Waals surface area contributed by atoms with Gasteiger partial charge in [-0.2, -0.15) is 4.98 Å². The molecule has 2 aromatic heterocycles. The zero-order valence-corrected chi connectivity index (χ0v) is 16.4. The average Bonchev–Trinajstić information content (AvgIpc) is 3.07. The Morgan fingerprint density at radius 3 is 2.50 bits per heavy atom. The highest BCUT2D eigenvalue weighted by Crippen LogP contribution is 2.25. The Morgan fingerprint density at radius 2 is 1.79 bits per heavy atom. The molecule has 1 aliphatic rings. The quantitative estimate of drug-likeness (QED) is 0.691. The SMILES string of the molecule is Cc1ccc(F)cc1Cn1c(N2CCCCC2)nc2c1c(=O)n(C)c(=O)n2C. The van der Waals surface area contributed by atoms with Gasteiger partial charge in [0.1, 0.15) is 5.82 Å². The molecule has 1 fully saturated rings. The number of aryl methyl sites for hydroxylation is 2. The first-order valence-corrected chi connectivity index (χ1v) is 9.54. The van der Waals surface area contributed by atoms with Crippen LogP contribution in [0.25, 0.3) is 11.2 Å². The largest absolute Gasteiger partial charge is 0.342 e. The van der Waals surface area contributed by atoms with Crippen LogP contribution in [0.2, 0.25) is 0 Å². The number of rotatable bonds is 3. The topological polar surface area (TPSA) is 65.1 Å². The highest BCUT2D eigenvalue weighted by Gasteiger charge is 2.24. The van der Waals surface area contributed by atoms with Crippen LogP contribution in [0.4, 0.5) is 10.3 Å². The number of halogens is 1. The standard InChI is InChI=1S/C20H24FN5O2/c1-13-7-8-15(21)11-14(13)12-26-16-17(23(2)20(28)24(3)18(16)27)22-19(26)25-9-5-4-6-10-25/h7-8,11H,4-6,9-10,12H2,1-3H3. The summed E-state index contributed by atoms with van der Waals surface area (Å²) >= 11 is 0. The number of benzene rings is 1. The first kappa shape index (κ1) is 18.5. The Morgan fingerprint density at radius 1 is 1.07 bits per heavy atom. The van der Waals surface area contributed by atoms with E-state index in [9.17, 15) is 14.0 Å². The lowest BCUT2D eigenvalue weighted by Gasteiger charge is -2.28. The molecule has 1 aliphatic heterocycles. The van der Waals surface area contributed by atoms with Crippen LogP contribution in [0.3, 0.4) is 0 Å². The molecule has 0 aliphatic carbocycles. The lowest BCUT2D eigenvalue weighted by atomic mass is 10.1. The summed E-state index contributed by atoms with van der Waals surface area (Å²) < 4.78 is 18.2. The summed E-state index contributed by atoms with van der Waals surface area (Å²) in [5.74, 6) is 0.349. The summed E-state index contributed by atoms with van der Waals surface area (Å²) in [5.41, 5.74) is 1.66. The van der Waals surface area contributed by atoms with Gasteiger partial charge in [0.2, 0.25) is 5.95 Å². The third kappa shape index (κ3) is 2.93. The van der Waals surface area contributed by atoms with Crippen molar-refractivity contribution in [3.05, 3.63) is 56.0 Å². The Kier molecular flexibility index (Phi) is 4.56.